The van der Waals surface area contributed by atoms with Gasteiger partial charge in [0.25, 0.3) is 5.91 Å². The normalized spacial score (nSPS) is 31.5. The molecule has 1 unspecified atom stereocenters. The number of ether oxygens (including phenoxy) is 5. The number of ketones is 2. The van der Waals surface area contributed by atoms with Gasteiger partial charge in [-0.15, -0.1) is 23.5 Å². The Morgan fingerprint density at radius 2 is 1.55 bits per heavy atom. The van der Waals surface area contributed by atoms with Gasteiger partial charge in [-0.3, -0.25) is 14.4 Å². The molecule has 47 heavy (non-hydrogen) atoms. The summed E-state index contributed by atoms with van der Waals surface area (Å²) in [5.74, 6) is -0.824. The summed E-state index contributed by atoms with van der Waals surface area (Å²) in [4.78, 5) is 54.2. The zero-order chi connectivity index (χ0) is 35.4. The quantitative estimate of drug-likeness (QED) is 0.251. The third kappa shape index (κ3) is 10.2. The van der Waals surface area contributed by atoms with E-state index in [1.807, 2.05) is 33.8 Å². The lowest BCUT2D eigenvalue weighted by molar-refractivity contribution is -0.121. The number of fused-ring (bicyclic) bond motifs is 2. The van der Waals surface area contributed by atoms with Crippen LogP contribution < -0.4 is 11.1 Å². The zero-order valence-electron chi connectivity index (χ0n) is 29.0. The number of rotatable bonds is 9. The molecule has 0 saturated heterocycles. The summed E-state index contributed by atoms with van der Waals surface area (Å²) < 4.78 is 29.0. The van der Waals surface area contributed by atoms with Gasteiger partial charge in [0.05, 0.1) is 28.1 Å². The molecule has 0 saturated carbocycles. The first-order chi connectivity index (χ1) is 22.3. The molecule has 1 heterocycles. The number of hydrogen-bond donors (Lipinski definition) is 2. The molecule has 1 aliphatic heterocycles. The summed E-state index contributed by atoms with van der Waals surface area (Å²) in [6.07, 6.45) is 2.77. The lowest BCUT2D eigenvalue weighted by atomic mass is 9.83. The van der Waals surface area contributed by atoms with Crippen LogP contribution in [0.15, 0.2) is 56.5 Å². The van der Waals surface area contributed by atoms with Crippen LogP contribution in [0.3, 0.4) is 0 Å². The summed E-state index contributed by atoms with van der Waals surface area (Å²) in [5, 5.41) is 2.74. The number of thioether (sulfide) groups is 2. The van der Waals surface area contributed by atoms with Crippen LogP contribution in [0.2, 0.25) is 0 Å². The van der Waals surface area contributed by atoms with Crippen LogP contribution in [0.5, 0.6) is 0 Å². The molecule has 0 fully saturated rings. The first kappa shape index (κ1) is 40.5. The molecule has 0 aromatic carbocycles. The van der Waals surface area contributed by atoms with Gasteiger partial charge in [-0.25, -0.2) is 4.79 Å². The number of carbonyl (C=O) groups excluding carboxylic acids is 4. The molecule has 0 radical (unpaired) electrons. The van der Waals surface area contributed by atoms with Gasteiger partial charge in [-0.2, -0.15) is 0 Å². The van der Waals surface area contributed by atoms with E-state index >= 15 is 0 Å². The van der Waals surface area contributed by atoms with Gasteiger partial charge < -0.3 is 34.7 Å². The number of nitrogens with two attached hydrogens (primary N) is 1. The fourth-order valence-electron chi connectivity index (χ4n) is 5.86. The van der Waals surface area contributed by atoms with Crippen molar-refractivity contribution in [3.63, 3.8) is 0 Å². The average molecular weight is 695 g/mol. The largest absolute Gasteiger partial charge is 0.439 e. The van der Waals surface area contributed by atoms with Crippen molar-refractivity contribution in [1.82, 2.24) is 5.32 Å². The maximum atomic E-state index is 14.4. The molecule has 0 spiro atoms. The number of Topliss-reactive ketones (excluding diaryl/α,β-unsaturated/α-hetero) is 2. The molecule has 3 N–H and O–H groups in total. The van der Waals surface area contributed by atoms with E-state index in [0.29, 0.717) is 28.4 Å². The molecule has 0 aromatic heterocycles. The van der Waals surface area contributed by atoms with Gasteiger partial charge in [0.2, 0.25) is 11.6 Å². The summed E-state index contributed by atoms with van der Waals surface area (Å²) in [6, 6.07) is 0. The van der Waals surface area contributed by atoms with E-state index in [1.165, 1.54) is 37.7 Å². The molecule has 2 rings (SSSR count). The third-order valence-corrected chi connectivity index (χ3v) is 10.0. The Morgan fingerprint density at radius 1 is 0.915 bits per heavy atom. The minimum atomic E-state index is -0.970. The second-order valence-electron chi connectivity index (χ2n) is 11.3. The van der Waals surface area contributed by atoms with E-state index in [4.69, 9.17) is 29.4 Å². The number of amides is 2. The molecule has 1 aliphatic carbocycles. The topological polar surface area (TPSA) is 152 Å². The molecule has 0 aromatic rings. The zero-order valence-corrected chi connectivity index (χ0v) is 30.7. The lowest BCUT2D eigenvalue weighted by Crippen LogP contribution is -2.42. The first-order valence-electron chi connectivity index (χ1n) is 15.6. The van der Waals surface area contributed by atoms with Crippen molar-refractivity contribution in [2.45, 2.75) is 78.5 Å². The highest BCUT2D eigenvalue weighted by Crippen LogP contribution is 2.40. The van der Waals surface area contributed by atoms with E-state index in [2.05, 4.69) is 5.32 Å². The Labute approximate surface area is 287 Å². The van der Waals surface area contributed by atoms with Crippen molar-refractivity contribution in [3.05, 3.63) is 56.5 Å². The van der Waals surface area contributed by atoms with Crippen LogP contribution in [-0.4, -0.2) is 94.0 Å². The molecule has 262 valence electrons. The summed E-state index contributed by atoms with van der Waals surface area (Å²) in [6.45, 7) is 11.1. The van der Waals surface area contributed by atoms with Gasteiger partial charge in [0.1, 0.15) is 11.8 Å². The Hall–Kier alpha value is -2.68. The van der Waals surface area contributed by atoms with Gasteiger partial charge >= 0.3 is 6.09 Å². The minimum Gasteiger partial charge on any atom is -0.439 e. The molecular formula is C34H50N2O9S2. The number of primary amides is 1. The third-order valence-electron chi connectivity index (χ3n) is 8.08. The summed E-state index contributed by atoms with van der Waals surface area (Å²) in [5.41, 5.74) is 6.51. The molecule has 2 amide bonds. The smallest absolute Gasteiger partial charge is 0.405 e. The number of hydrogen-bond acceptors (Lipinski definition) is 11. The SMILES string of the molecule is CCSC1=C2NC(=O)/C(C)=C/C=C\C(OC)[C@@H](OC(N)=O)/C(C)=C/[C@H](C)[C@@H](OC)[C@@H](OC)C[C@H](C)[C@@H](OC)C(=C(SCC)C1=O)C2=O. The van der Waals surface area contributed by atoms with Gasteiger partial charge in [-0.1, -0.05) is 52.0 Å². The highest BCUT2D eigenvalue weighted by Gasteiger charge is 2.42. The Balaban J connectivity index is 2.86. The number of methoxy groups -OCH3 is 4. The van der Waals surface area contributed by atoms with E-state index in [9.17, 15) is 19.2 Å². The van der Waals surface area contributed by atoms with Crippen LogP contribution in [0.1, 0.15) is 48.0 Å². The fourth-order valence-corrected chi connectivity index (χ4v) is 7.63. The van der Waals surface area contributed by atoms with Crippen molar-refractivity contribution < 1.29 is 42.9 Å². The monoisotopic (exact) mass is 694 g/mol. The average Bonchev–Trinajstić information content (AvgIpc) is 3.03. The predicted octanol–water partition coefficient (Wildman–Crippen LogP) is 4.87. The first-order valence-corrected chi connectivity index (χ1v) is 17.5. The summed E-state index contributed by atoms with van der Waals surface area (Å²) >= 11 is 2.50. The second-order valence-corrected chi connectivity index (χ2v) is 13.9. The molecular weight excluding hydrogens is 645 g/mol. The molecule has 2 aliphatic rings. The van der Waals surface area contributed by atoms with Crippen molar-refractivity contribution in [3.8, 4) is 0 Å². The van der Waals surface area contributed by atoms with Crippen LogP contribution in [0.25, 0.3) is 0 Å². The Morgan fingerprint density at radius 3 is 2.09 bits per heavy atom. The standard InChI is InChI=1S/C34H50N2O9S2/c1-11-46-31-24-26(37)25(32(27(31)38)47-12-2)36-33(39)18(3)14-13-15-22(41-7)29(45-34(35)40)20(5)16-19(4)28(43-9)23(42-8)17-21(6)30(24)44-10/h13-16,19,21-23,28-30H,11-12,17H2,1-10H3,(H2,35,40)(H,36,39)/b15-13-,18-14+,20-16+/t19-,21-,22?,23-,28+,29-,30+/m0/s1. The van der Waals surface area contributed by atoms with Crippen LogP contribution in [-0.2, 0) is 38.1 Å². The number of allylic oxidation sites excluding steroid dienone is 5. The second kappa shape index (κ2) is 19.4. The highest BCUT2D eigenvalue weighted by atomic mass is 32.2. The lowest BCUT2D eigenvalue weighted by Gasteiger charge is -2.35. The maximum Gasteiger partial charge on any atom is 0.405 e. The van der Waals surface area contributed by atoms with E-state index in [0.717, 1.165) is 0 Å². The van der Waals surface area contributed by atoms with Crippen molar-refractivity contribution in [2.75, 3.05) is 39.9 Å². The molecule has 7 atom stereocenters. The van der Waals surface area contributed by atoms with Crippen LogP contribution in [0, 0.1) is 11.8 Å². The summed E-state index contributed by atoms with van der Waals surface area (Å²) in [7, 11) is 6.14. The van der Waals surface area contributed by atoms with Gasteiger partial charge in [0, 0.05) is 45.5 Å². The van der Waals surface area contributed by atoms with Crippen molar-refractivity contribution in [1.29, 1.82) is 0 Å². The minimum absolute atomic E-state index is 0.0672. The Kier molecular flexibility index (Phi) is 16.7. The predicted molar refractivity (Wildman–Crippen MR) is 186 cm³/mol. The van der Waals surface area contributed by atoms with Gasteiger partial charge in [-0.05, 0) is 43.3 Å². The maximum absolute atomic E-state index is 14.4. The van der Waals surface area contributed by atoms with E-state index < -0.39 is 48.3 Å². The molecule has 11 nitrogen and oxygen atoms in total. The van der Waals surface area contributed by atoms with Gasteiger partial charge in [0.15, 0.2) is 6.10 Å². The van der Waals surface area contributed by atoms with Crippen molar-refractivity contribution >= 4 is 47.1 Å². The highest BCUT2D eigenvalue weighted by molar-refractivity contribution is 8.06. The van der Waals surface area contributed by atoms with Crippen LogP contribution >= 0.6 is 23.5 Å². The van der Waals surface area contributed by atoms with Crippen molar-refractivity contribution in [2.24, 2.45) is 17.6 Å². The van der Waals surface area contributed by atoms with Crippen LogP contribution in [0.4, 0.5) is 4.79 Å². The van der Waals surface area contributed by atoms with E-state index in [-0.39, 0.29) is 39.4 Å². The Bertz CT molecular complexity index is 1320. The fraction of sp³-hybridized carbons (Fsp3) is 0.588. The van der Waals surface area contributed by atoms with E-state index in [1.54, 1.807) is 46.3 Å². The molecule has 2 bridgehead atoms. The molecule has 13 heteroatoms. The number of nitrogens with one attached hydrogen (secondary N) is 1. The number of carbonyl (C=O) groups is 4.